The molecule has 0 aliphatic carbocycles. The van der Waals surface area contributed by atoms with Crippen molar-refractivity contribution in [3.8, 4) is 11.1 Å². The van der Waals surface area contributed by atoms with E-state index in [9.17, 15) is 9.59 Å². The average Bonchev–Trinajstić information content (AvgIpc) is 2.79. The number of nitrogens with zero attached hydrogens (tertiary/aromatic N) is 1. The van der Waals surface area contributed by atoms with Crippen molar-refractivity contribution in [2.75, 3.05) is 27.2 Å². The molecular formula is C25H27N3O2. The lowest BCUT2D eigenvalue weighted by atomic mass is 10.0. The number of likely N-dealkylation sites (N-methyl/N-ethyl adjacent to an activating group) is 1. The highest BCUT2D eigenvalue weighted by molar-refractivity contribution is 5.96. The van der Waals surface area contributed by atoms with Crippen molar-refractivity contribution in [1.82, 2.24) is 15.5 Å². The van der Waals surface area contributed by atoms with Gasteiger partial charge in [0.1, 0.15) is 0 Å². The van der Waals surface area contributed by atoms with Crippen LogP contribution in [-0.4, -0.2) is 43.9 Å². The molecule has 0 heterocycles. The summed E-state index contributed by atoms with van der Waals surface area (Å²) in [4.78, 5) is 26.7. The number of rotatable bonds is 8. The molecule has 0 saturated heterocycles. The summed E-state index contributed by atoms with van der Waals surface area (Å²) in [6.07, 6.45) is 0. The molecule has 0 aliphatic heterocycles. The maximum atomic E-state index is 12.4. The zero-order valence-electron chi connectivity index (χ0n) is 17.3. The number of hydrogen-bond donors (Lipinski definition) is 2. The maximum Gasteiger partial charge on any atom is 0.251 e. The third-order valence-corrected chi connectivity index (χ3v) is 4.96. The van der Waals surface area contributed by atoms with E-state index in [0.717, 1.165) is 16.7 Å². The lowest BCUT2D eigenvalue weighted by Crippen LogP contribution is -2.40. The smallest absolute Gasteiger partial charge is 0.251 e. The summed E-state index contributed by atoms with van der Waals surface area (Å²) in [5.41, 5.74) is 3.79. The first kappa shape index (κ1) is 21.3. The van der Waals surface area contributed by atoms with Crippen LogP contribution in [0.3, 0.4) is 0 Å². The zero-order chi connectivity index (χ0) is 21.3. The molecule has 2 N–H and O–H groups in total. The summed E-state index contributed by atoms with van der Waals surface area (Å²) >= 11 is 0. The topological polar surface area (TPSA) is 61.4 Å². The van der Waals surface area contributed by atoms with Crippen LogP contribution in [0.4, 0.5) is 0 Å². The Hall–Kier alpha value is -3.44. The van der Waals surface area contributed by atoms with Crippen LogP contribution in [0.1, 0.15) is 22.0 Å². The molecule has 3 rings (SSSR count). The van der Waals surface area contributed by atoms with E-state index in [1.54, 1.807) is 12.1 Å². The predicted octanol–water partition coefficient (Wildman–Crippen LogP) is 3.50. The quantitative estimate of drug-likeness (QED) is 0.607. The molecule has 0 spiro atoms. The van der Waals surface area contributed by atoms with Crippen LogP contribution >= 0.6 is 0 Å². The summed E-state index contributed by atoms with van der Waals surface area (Å²) in [5.74, 6) is -0.482. The summed E-state index contributed by atoms with van der Waals surface area (Å²) in [5, 5.41) is 5.59. The van der Waals surface area contributed by atoms with Crippen LogP contribution < -0.4 is 10.6 Å². The number of hydrogen-bond acceptors (Lipinski definition) is 3. The first-order valence-corrected chi connectivity index (χ1v) is 9.96. The van der Waals surface area contributed by atoms with Crippen molar-refractivity contribution in [3.05, 3.63) is 96.1 Å². The second-order valence-corrected chi connectivity index (χ2v) is 7.32. The molecule has 5 heteroatoms. The van der Waals surface area contributed by atoms with Gasteiger partial charge in [0.05, 0.1) is 12.6 Å². The molecular weight excluding hydrogens is 374 g/mol. The van der Waals surface area contributed by atoms with Gasteiger partial charge in [0.2, 0.25) is 5.91 Å². The molecule has 0 radical (unpaired) electrons. The molecule has 2 amide bonds. The van der Waals surface area contributed by atoms with E-state index in [2.05, 4.69) is 15.5 Å². The molecule has 0 fully saturated rings. The number of carbonyl (C=O) groups is 2. The standard InChI is InChI=1S/C25H27N3O2/c1-28(2)23(21-11-7-4-8-12-21)17-26-24(29)18-27-25(30)22-15-13-20(14-16-22)19-9-5-3-6-10-19/h3-16,23H,17-18H2,1-2H3,(H,26,29)(H,27,30). The van der Waals surface area contributed by atoms with Gasteiger partial charge in [-0.3, -0.25) is 9.59 Å². The minimum atomic E-state index is -0.267. The number of nitrogens with one attached hydrogen (secondary N) is 2. The summed E-state index contributed by atoms with van der Waals surface area (Å²) in [6.45, 7) is 0.408. The first-order valence-electron chi connectivity index (χ1n) is 9.96. The molecule has 0 bridgehead atoms. The van der Waals surface area contributed by atoms with Gasteiger partial charge in [-0.2, -0.15) is 0 Å². The van der Waals surface area contributed by atoms with Crippen molar-refractivity contribution in [2.45, 2.75) is 6.04 Å². The van der Waals surface area contributed by atoms with E-state index in [1.165, 1.54) is 0 Å². The molecule has 0 saturated carbocycles. The van der Waals surface area contributed by atoms with Gasteiger partial charge in [-0.25, -0.2) is 0 Å². The largest absolute Gasteiger partial charge is 0.353 e. The third-order valence-electron chi connectivity index (χ3n) is 4.96. The van der Waals surface area contributed by atoms with Crippen molar-refractivity contribution >= 4 is 11.8 Å². The molecule has 3 aromatic carbocycles. The van der Waals surface area contributed by atoms with Crippen LogP contribution in [0.25, 0.3) is 11.1 Å². The Kier molecular flexibility index (Phi) is 7.35. The van der Waals surface area contributed by atoms with Gasteiger partial charge in [0, 0.05) is 12.1 Å². The van der Waals surface area contributed by atoms with Gasteiger partial charge in [0.25, 0.3) is 5.91 Å². The summed E-state index contributed by atoms with van der Waals surface area (Å²) in [7, 11) is 3.95. The van der Waals surface area contributed by atoms with Crippen LogP contribution in [-0.2, 0) is 4.79 Å². The Morgan fingerprint density at radius 2 is 1.33 bits per heavy atom. The maximum absolute atomic E-state index is 12.4. The minimum absolute atomic E-state index is 0.0613. The molecule has 30 heavy (non-hydrogen) atoms. The van der Waals surface area contributed by atoms with Crippen LogP contribution in [0.2, 0.25) is 0 Å². The Morgan fingerprint density at radius 1 is 0.767 bits per heavy atom. The molecule has 5 nitrogen and oxygen atoms in total. The fourth-order valence-corrected chi connectivity index (χ4v) is 3.25. The number of carbonyl (C=O) groups excluding carboxylic acids is 2. The van der Waals surface area contributed by atoms with Gasteiger partial charge in [-0.1, -0.05) is 72.8 Å². The average molecular weight is 402 g/mol. The highest BCUT2D eigenvalue weighted by Gasteiger charge is 2.15. The lowest BCUT2D eigenvalue weighted by Gasteiger charge is -2.25. The molecule has 1 atom stereocenters. The third kappa shape index (κ3) is 5.78. The number of amides is 2. The van der Waals surface area contributed by atoms with Gasteiger partial charge in [-0.15, -0.1) is 0 Å². The minimum Gasteiger partial charge on any atom is -0.353 e. The fraction of sp³-hybridized carbons (Fsp3) is 0.200. The second-order valence-electron chi connectivity index (χ2n) is 7.32. The van der Waals surface area contributed by atoms with Gasteiger partial charge in [-0.05, 0) is 42.9 Å². The van der Waals surface area contributed by atoms with Gasteiger partial charge >= 0.3 is 0 Å². The normalized spacial score (nSPS) is 11.7. The first-order chi connectivity index (χ1) is 14.5. The zero-order valence-corrected chi connectivity index (χ0v) is 17.3. The Labute approximate surface area is 177 Å². The monoisotopic (exact) mass is 401 g/mol. The van der Waals surface area contributed by atoms with Crippen molar-refractivity contribution in [2.24, 2.45) is 0 Å². The van der Waals surface area contributed by atoms with E-state index in [0.29, 0.717) is 12.1 Å². The lowest BCUT2D eigenvalue weighted by molar-refractivity contribution is -0.120. The summed E-state index contributed by atoms with van der Waals surface area (Å²) in [6, 6.07) is 27.4. The van der Waals surface area contributed by atoms with E-state index in [-0.39, 0.29) is 24.4 Å². The van der Waals surface area contributed by atoms with Gasteiger partial charge in [0.15, 0.2) is 0 Å². The van der Waals surface area contributed by atoms with E-state index < -0.39 is 0 Å². The highest BCUT2D eigenvalue weighted by atomic mass is 16.2. The van der Waals surface area contributed by atoms with E-state index >= 15 is 0 Å². The summed E-state index contributed by atoms with van der Waals surface area (Å²) < 4.78 is 0. The van der Waals surface area contributed by atoms with Crippen molar-refractivity contribution in [3.63, 3.8) is 0 Å². The Bertz CT molecular complexity index is 955. The van der Waals surface area contributed by atoms with Crippen LogP contribution in [0.15, 0.2) is 84.9 Å². The fourth-order valence-electron chi connectivity index (χ4n) is 3.25. The molecule has 0 aromatic heterocycles. The highest BCUT2D eigenvalue weighted by Crippen LogP contribution is 2.19. The molecule has 0 aliphatic rings. The molecule has 1 unspecified atom stereocenters. The van der Waals surface area contributed by atoms with Crippen LogP contribution in [0.5, 0.6) is 0 Å². The van der Waals surface area contributed by atoms with E-state index in [1.807, 2.05) is 86.9 Å². The van der Waals surface area contributed by atoms with Crippen molar-refractivity contribution in [1.29, 1.82) is 0 Å². The van der Waals surface area contributed by atoms with E-state index in [4.69, 9.17) is 0 Å². The second kappa shape index (κ2) is 10.4. The SMILES string of the molecule is CN(C)C(CNC(=O)CNC(=O)c1ccc(-c2ccccc2)cc1)c1ccccc1. The number of benzene rings is 3. The van der Waals surface area contributed by atoms with Crippen molar-refractivity contribution < 1.29 is 9.59 Å². The van der Waals surface area contributed by atoms with Gasteiger partial charge < -0.3 is 15.5 Å². The Balaban J connectivity index is 1.50. The molecule has 154 valence electrons. The van der Waals surface area contributed by atoms with Crippen LogP contribution in [0, 0.1) is 0 Å². The molecule has 3 aromatic rings. The Morgan fingerprint density at radius 3 is 1.93 bits per heavy atom. The predicted molar refractivity (Wildman–Crippen MR) is 120 cm³/mol.